The van der Waals surface area contributed by atoms with Gasteiger partial charge in [-0.2, -0.15) is 23.5 Å². The van der Waals surface area contributed by atoms with Crippen molar-refractivity contribution in [3.05, 3.63) is 0 Å². The summed E-state index contributed by atoms with van der Waals surface area (Å²) in [4.78, 5) is 0. The maximum Gasteiger partial charge on any atom is 0.0602 e. The van der Waals surface area contributed by atoms with Gasteiger partial charge in [-0.1, -0.05) is 6.92 Å². The molecule has 0 aromatic heterocycles. The highest BCUT2D eigenvalue weighted by atomic mass is 32.2. The summed E-state index contributed by atoms with van der Waals surface area (Å²) >= 11 is 3.62. The van der Waals surface area contributed by atoms with Gasteiger partial charge in [0.2, 0.25) is 0 Å². The molecular weight excluding hydrogens is 216 g/mol. The summed E-state index contributed by atoms with van der Waals surface area (Å²) < 4.78 is 0. The third-order valence-corrected chi connectivity index (χ3v) is 4.37. The van der Waals surface area contributed by atoms with E-state index < -0.39 is 0 Å². The van der Waals surface area contributed by atoms with Crippen molar-refractivity contribution in [1.82, 2.24) is 0 Å². The first kappa shape index (κ1) is 14.6. The minimum Gasteiger partial charge on any atom is -0.393 e. The Balaban J connectivity index is 3.22. The Labute approximate surface area is 95.9 Å². The molecule has 4 heteroatoms. The van der Waals surface area contributed by atoms with Gasteiger partial charge in [-0.15, -0.1) is 0 Å². The zero-order chi connectivity index (χ0) is 11.0. The van der Waals surface area contributed by atoms with Gasteiger partial charge < -0.3 is 10.2 Å². The van der Waals surface area contributed by atoms with Gasteiger partial charge in [-0.05, 0) is 26.0 Å². The Morgan fingerprint density at radius 3 is 2.07 bits per heavy atom. The van der Waals surface area contributed by atoms with Crippen LogP contribution in [0.3, 0.4) is 0 Å². The first-order valence-electron chi connectivity index (χ1n) is 5.07. The fourth-order valence-electron chi connectivity index (χ4n) is 0.890. The summed E-state index contributed by atoms with van der Waals surface area (Å²) in [6.07, 6.45) is 0.752. The van der Waals surface area contributed by atoms with E-state index in [0.29, 0.717) is 5.25 Å². The van der Waals surface area contributed by atoms with Crippen molar-refractivity contribution < 1.29 is 10.2 Å². The van der Waals surface area contributed by atoms with Gasteiger partial charge >= 0.3 is 0 Å². The van der Waals surface area contributed by atoms with E-state index in [0.717, 1.165) is 23.7 Å². The number of aliphatic hydroxyl groups excluding tert-OH is 2. The molecule has 0 radical (unpaired) electrons. The zero-order valence-electron chi connectivity index (χ0n) is 9.27. The SMILES string of the molecule is CC(O)CSCCC(C)SCC(C)O. The van der Waals surface area contributed by atoms with Gasteiger partial charge in [-0.25, -0.2) is 0 Å². The normalized spacial score (nSPS) is 17.8. The molecule has 0 rings (SSSR count). The Kier molecular flexibility index (Phi) is 9.28. The lowest BCUT2D eigenvalue weighted by Gasteiger charge is -2.12. The maximum absolute atomic E-state index is 9.09. The van der Waals surface area contributed by atoms with E-state index in [2.05, 4.69) is 6.92 Å². The quantitative estimate of drug-likeness (QED) is 0.635. The standard InChI is InChI=1S/C10H22O2S2/c1-8(11)6-13-5-4-10(3)14-7-9(2)12/h8-12H,4-7H2,1-3H3. The van der Waals surface area contributed by atoms with Crippen LogP contribution in [0.4, 0.5) is 0 Å². The van der Waals surface area contributed by atoms with E-state index in [1.165, 1.54) is 0 Å². The van der Waals surface area contributed by atoms with Crippen LogP contribution in [0.2, 0.25) is 0 Å². The lowest BCUT2D eigenvalue weighted by Crippen LogP contribution is -2.09. The molecule has 2 nitrogen and oxygen atoms in total. The molecule has 0 heterocycles. The van der Waals surface area contributed by atoms with E-state index >= 15 is 0 Å². The largest absolute Gasteiger partial charge is 0.393 e. The van der Waals surface area contributed by atoms with Crippen molar-refractivity contribution in [2.75, 3.05) is 17.3 Å². The molecule has 0 saturated carbocycles. The second kappa shape index (κ2) is 8.89. The molecule has 86 valence electrons. The predicted molar refractivity (Wildman–Crippen MR) is 67.2 cm³/mol. The van der Waals surface area contributed by atoms with Crippen LogP contribution in [0.15, 0.2) is 0 Å². The highest BCUT2D eigenvalue weighted by Crippen LogP contribution is 2.17. The highest BCUT2D eigenvalue weighted by molar-refractivity contribution is 8.00. The van der Waals surface area contributed by atoms with E-state index in [-0.39, 0.29) is 12.2 Å². The summed E-state index contributed by atoms with van der Waals surface area (Å²) in [5, 5.41) is 18.7. The second-order valence-electron chi connectivity index (χ2n) is 3.71. The van der Waals surface area contributed by atoms with Crippen LogP contribution in [0, 0.1) is 0 Å². The number of aliphatic hydroxyl groups is 2. The van der Waals surface area contributed by atoms with E-state index in [9.17, 15) is 0 Å². The van der Waals surface area contributed by atoms with Crippen molar-refractivity contribution in [2.24, 2.45) is 0 Å². The van der Waals surface area contributed by atoms with Crippen LogP contribution in [0.1, 0.15) is 27.2 Å². The molecule has 3 unspecified atom stereocenters. The third-order valence-electron chi connectivity index (χ3n) is 1.65. The first-order valence-corrected chi connectivity index (χ1v) is 7.28. The fourth-order valence-corrected chi connectivity index (χ4v) is 2.96. The van der Waals surface area contributed by atoms with Crippen molar-refractivity contribution in [2.45, 2.75) is 44.6 Å². The molecule has 0 saturated heterocycles. The van der Waals surface area contributed by atoms with E-state index in [4.69, 9.17) is 10.2 Å². The minimum atomic E-state index is -0.201. The van der Waals surface area contributed by atoms with Crippen LogP contribution >= 0.6 is 23.5 Å². The number of rotatable bonds is 8. The predicted octanol–water partition coefficient (Wildman–Crippen LogP) is 1.99. The smallest absolute Gasteiger partial charge is 0.0602 e. The third kappa shape index (κ3) is 10.7. The molecule has 14 heavy (non-hydrogen) atoms. The van der Waals surface area contributed by atoms with Crippen LogP contribution in [0.25, 0.3) is 0 Å². The van der Waals surface area contributed by atoms with Crippen LogP contribution in [0.5, 0.6) is 0 Å². The summed E-state index contributed by atoms with van der Waals surface area (Å²) in [5.41, 5.74) is 0. The molecule has 0 fully saturated rings. The van der Waals surface area contributed by atoms with Gasteiger partial charge in [0.25, 0.3) is 0 Å². The van der Waals surface area contributed by atoms with Crippen LogP contribution in [-0.4, -0.2) is 44.9 Å². The summed E-state index contributed by atoms with van der Waals surface area (Å²) in [6, 6.07) is 0. The Bertz CT molecular complexity index is 129. The van der Waals surface area contributed by atoms with Gasteiger partial charge in [-0.3, -0.25) is 0 Å². The molecule has 0 aromatic carbocycles. The van der Waals surface area contributed by atoms with Gasteiger partial charge in [0.15, 0.2) is 0 Å². The zero-order valence-corrected chi connectivity index (χ0v) is 10.9. The lowest BCUT2D eigenvalue weighted by molar-refractivity contribution is 0.220. The molecule has 0 bridgehead atoms. The number of hydrogen-bond acceptors (Lipinski definition) is 4. The summed E-state index contributed by atoms with van der Waals surface area (Å²) in [7, 11) is 0. The molecule has 0 aliphatic carbocycles. The lowest BCUT2D eigenvalue weighted by atomic mass is 10.4. The molecule has 0 spiro atoms. The summed E-state index contributed by atoms with van der Waals surface area (Å²) in [6.45, 7) is 5.83. The van der Waals surface area contributed by atoms with Gasteiger partial charge in [0, 0.05) is 16.8 Å². The molecule has 3 atom stereocenters. The number of thioether (sulfide) groups is 2. The van der Waals surface area contributed by atoms with Crippen LogP contribution < -0.4 is 0 Å². The fraction of sp³-hybridized carbons (Fsp3) is 1.00. The monoisotopic (exact) mass is 238 g/mol. The molecule has 0 aromatic rings. The molecule has 0 aliphatic rings. The van der Waals surface area contributed by atoms with Crippen molar-refractivity contribution in [3.8, 4) is 0 Å². The maximum atomic E-state index is 9.09. The average molecular weight is 238 g/mol. The second-order valence-corrected chi connectivity index (χ2v) is 6.33. The Morgan fingerprint density at radius 2 is 1.57 bits per heavy atom. The van der Waals surface area contributed by atoms with Gasteiger partial charge in [0.05, 0.1) is 12.2 Å². The van der Waals surface area contributed by atoms with E-state index in [1.54, 1.807) is 11.8 Å². The van der Waals surface area contributed by atoms with Gasteiger partial charge in [0.1, 0.15) is 0 Å². The molecule has 0 amide bonds. The average Bonchev–Trinajstić information content (AvgIpc) is 2.08. The van der Waals surface area contributed by atoms with Crippen molar-refractivity contribution >= 4 is 23.5 Å². The molecular formula is C10H22O2S2. The molecule has 0 aliphatic heterocycles. The first-order chi connectivity index (χ1) is 6.52. The number of hydrogen-bond donors (Lipinski definition) is 2. The summed E-state index contributed by atoms with van der Waals surface area (Å²) in [5.74, 6) is 2.74. The van der Waals surface area contributed by atoms with Crippen molar-refractivity contribution in [3.63, 3.8) is 0 Å². The Morgan fingerprint density at radius 1 is 1.00 bits per heavy atom. The van der Waals surface area contributed by atoms with E-state index in [1.807, 2.05) is 25.6 Å². The Hall–Kier alpha value is 0.620. The van der Waals surface area contributed by atoms with Crippen molar-refractivity contribution in [1.29, 1.82) is 0 Å². The topological polar surface area (TPSA) is 40.5 Å². The minimum absolute atomic E-state index is 0.194. The highest BCUT2D eigenvalue weighted by Gasteiger charge is 2.05. The molecule has 2 N–H and O–H groups in total. The van der Waals surface area contributed by atoms with Crippen LogP contribution in [-0.2, 0) is 0 Å².